The Bertz CT molecular complexity index is 812. The second-order valence-electron chi connectivity index (χ2n) is 4.38. The molecule has 2 aromatic rings. The Balaban J connectivity index is 2.51. The summed E-state index contributed by atoms with van der Waals surface area (Å²) in [6, 6.07) is 3.48. The van der Waals surface area contributed by atoms with E-state index in [4.69, 9.17) is 5.11 Å². The summed E-state index contributed by atoms with van der Waals surface area (Å²) in [5, 5.41) is 10.7. The first-order valence-corrected chi connectivity index (χ1v) is 9.02. The molecule has 1 aromatic carbocycles. The molecule has 21 heavy (non-hydrogen) atoms. The summed E-state index contributed by atoms with van der Waals surface area (Å²) in [7, 11) is -3.82. The second kappa shape index (κ2) is 5.86. The summed E-state index contributed by atoms with van der Waals surface area (Å²) < 4.78 is 39.3. The first-order chi connectivity index (χ1) is 9.70. The molecule has 0 aliphatic heterocycles. The fourth-order valence-electron chi connectivity index (χ4n) is 1.79. The highest BCUT2D eigenvalue weighted by molar-refractivity contribution is 9.10. The van der Waals surface area contributed by atoms with Crippen LogP contribution in [-0.4, -0.2) is 19.5 Å². The molecule has 4 nitrogen and oxygen atoms in total. The van der Waals surface area contributed by atoms with Crippen molar-refractivity contribution in [3.63, 3.8) is 0 Å². The van der Waals surface area contributed by atoms with Crippen LogP contribution in [0.5, 0.6) is 0 Å². The molecule has 0 saturated heterocycles. The standard InChI is InChI=1S/C13H10BrFO4S2/c1-7-11(15)2-8(13(16)17)3-12(7)21(18,19)6-10-4-9(14)5-20-10/h2-5H,6H2,1H3,(H,16,17). The summed E-state index contributed by atoms with van der Waals surface area (Å²) in [6.07, 6.45) is 0. The maximum Gasteiger partial charge on any atom is 0.335 e. The van der Waals surface area contributed by atoms with Crippen molar-refractivity contribution >= 4 is 43.1 Å². The number of benzene rings is 1. The van der Waals surface area contributed by atoms with E-state index in [0.717, 1.165) is 16.6 Å². The quantitative estimate of drug-likeness (QED) is 0.861. The van der Waals surface area contributed by atoms with E-state index in [1.165, 1.54) is 18.3 Å². The van der Waals surface area contributed by atoms with Crippen LogP contribution in [-0.2, 0) is 15.6 Å². The van der Waals surface area contributed by atoms with Crippen molar-refractivity contribution in [1.82, 2.24) is 0 Å². The topological polar surface area (TPSA) is 71.4 Å². The molecule has 0 unspecified atom stereocenters. The number of aromatic carboxylic acids is 1. The van der Waals surface area contributed by atoms with Crippen LogP contribution in [0.1, 0.15) is 20.8 Å². The summed E-state index contributed by atoms with van der Waals surface area (Å²) in [5.41, 5.74) is -0.459. The van der Waals surface area contributed by atoms with Gasteiger partial charge in [-0.05, 0) is 41.1 Å². The Hall–Kier alpha value is -1.25. The van der Waals surface area contributed by atoms with Gasteiger partial charge in [-0.15, -0.1) is 11.3 Å². The van der Waals surface area contributed by atoms with Gasteiger partial charge in [-0.2, -0.15) is 0 Å². The van der Waals surface area contributed by atoms with E-state index in [2.05, 4.69) is 15.9 Å². The number of sulfone groups is 1. The third-order valence-corrected chi connectivity index (χ3v) is 6.50. The van der Waals surface area contributed by atoms with Gasteiger partial charge in [0.2, 0.25) is 0 Å². The minimum atomic E-state index is -3.82. The monoisotopic (exact) mass is 392 g/mol. The number of carboxylic acids is 1. The number of thiophene rings is 1. The van der Waals surface area contributed by atoms with Crippen molar-refractivity contribution in [3.8, 4) is 0 Å². The molecule has 0 aliphatic rings. The third kappa shape index (κ3) is 3.50. The Kier molecular flexibility index (Phi) is 4.50. The molecule has 0 radical (unpaired) electrons. The number of carbonyl (C=O) groups is 1. The molecule has 0 atom stereocenters. The van der Waals surface area contributed by atoms with Gasteiger partial charge in [-0.25, -0.2) is 17.6 Å². The predicted octanol–water partition coefficient (Wildman–Crippen LogP) is 3.63. The van der Waals surface area contributed by atoms with Crippen molar-refractivity contribution in [2.75, 3.05) is 0 Å². The van der Waals surface area contributed by atoms with Crippen molar-refractivity contribution < 1.29 is 22.7 Å². The zero-order valence-corrected chi connectivity index (χ0v) is 14.0. The van der Waals surface area contributed by atoms with Crippen LogP contribution < -0.4 is 0 Å². The van der Waals surface area contributed by atoms with E-state index in [1.807, 2.05) is 0 Å². The first-order valence-electron chi connectivity index (χ1n) is 5.70. The second-order valence-corrected chi connectivity index (χ2v) is 8.25. The van der Waals surface area contributed by atoms with Gasteiger partial charge in [0.1, 0.15) is 5.82 Å². The Labute approximate surface area is 133 Å². The van der Waals surface area contributed by atoms with E-state index in [0.29, 0.717) is 4.88 Å². The largest absolute Gasteiger partial charge is 0.478 e. The summed E-state index contributed by atoms with van der Waals surface area (Å²) in [5.74, 6) is -2.52. The average molecular weight is 393 g/mol. The van der Waals surface area contributed by atoms with Crippen molar-refractivity contribution in [2.24, 2.45) is 0 Å². The van der Waals surface area contributed by atoms with Gasteiger partial charge in [0.15, 0.2) is 9.84 Å². The van der Waals surface area contributed by atoms with E-state index in [1.54, 1.807) is 11.4 Å². The fourth-order valence-corrected chi connectivity index (χ4v) is 5.25. The van der Waals surface area contributed by atoms with Crippen molar-refractivity contribution in [1.29, 1.82) is 0 Å². The highest BCUT2D eigenvalue weighted by Crippen LogP contribution is 2.27. The van der Waals surface area contributed by atoms with Crippen molar-refractivity contribution in [2.45, 2.75) is 17.6 Å². The fraction of sp³-hybridized carbons (Fsp3) is 0.154. The maximum absolute atomic E-state index is 13.7. The average Bonchev–Trinajstić information content (AvgIpc) is 2.76. The number of hydrogen-bond donors (Lipinski definition) is 1. The Morgan fingerprint density at radius 2 is 2.05 bits per heavy atom. The lowest BCUT2D eigenvalue weighted by Gasteiger charge is -2.09. The molecule has 0 aliphatic carbocycles. The molecule has 112 valence electrons. The lowest BCUT2D eigenvalue weighted by molar-refractivity contribution is 0.0696. The zero-order valence-electron chi connectivity index (χ0n) is 10.8. The number of carboxylic acid groups (broad SMARTS) is 1. The van der Waals surface area contributed by atoms with Crippen LogP contribution >= 0.6 is 27.3 Å². The van der Waals surface area contributed by atoms with Gasteiger partial charge < -0.3 is 5.11 Å². The van der Waals surface area contributed by atoms with Gasteiger partial charge >= 0.3 is 5.97 Å². The SMILES string of the molecule is Cc1c(F)cc(C(=O)O)cc1S(=O)(=O)Cc1cc(Br)cs1. The minimum Gasteiger partial charge on any atom is -0.478 e. The van der Waals surface area contributed by atoms with Gasteiger partial charge in [0.25, 0.3) is 0 Å². The van der Waals surface area contributed by atoms with Crippen LogP contribution in [0, 0.1) is 12.7 Å². The van der Waals surface area contributed by atoms with Crippen molar-refractivity contribution in [3.05, 3.63) is 49.9 Å². The van der Waals surface area contributed by atoms with Crippen LogP contribution in [0.15, 0.2) is 32.9 Å². The van der Waals surface area contributed by atoms with E-state index >= 15 is 0 Å². The highest BCUT2D eigenvalue weighted by Gasteiger charge is 2.23. The zero-order chi connectivity index (χ0) is 15.8. The van der Waals surface area contributed by atoms with Gasteiger partial charge in [0.05, 0.1) is 16.2 Å². The summed E-state index contributed by atoms with van der Waals surface area (Å²) >= 11 is 4.49. The van der Waals surface area contributed by atoms with Gasteiger partial charge in [-0.1, -0.05) is 0 Å². The molecular weight excluding hydrogens is 383 g/mol. The number of hydrogen-bond acceptors (Lipinski definition) is 4. The van der Waals surface area contributed by atoms with Gasteiger partial charge in [0, 0.05) is 20.3 Å². The molecule has 1 N–H and O–H groups in total. The minimum absolute atomic E-state index is 0.0735. The predicted molar refractivity (Wildman–Crippen MR) is 81.0 cm³/mol. The number of rotatable bonds is 4. The lowest BCUT2D eigenvalue weighted by Crippen LogP contribution is -2.10. The maximum atomic E-state index is 13.7. The Morgan fingerprint density at radius 3 is 2.57 bits per heavy atom. The molecule has 0 bridgehead atoms. The highest BCUT2D eigenvalue weighted by atomic mass is 79.9. The number of halogens is 2. The van der Waals surface area contributed by atoms with Crippen LogP contribution in [0.4, 0.5) is 4.39 Å². The van der Waals surface area contributed by atoms with E-state index in [9.17, 15) is 17.6 Å². The van der Waals surface area contributed by atoms with Crippen LogP contribution in [0.25, 0.3) is 0 Å². The molecule has 8 heteroatoms. The normalized spacial score (nSPS) is 11.6. The molecular formula is C13H10BrFO4S2. The van der Waals surface area contributed by atoms with Gasteiger partial charge in [-0.3, -0.25) is 0 Å². The summed E-state index contributed by atoms with van der Waals surface area (Å²) in [6.45, 7) is 1.32. The molecule has 1 heterocycles. The smallest absolute Gasteiger partial charge is 0.335 e. The Morgan fingerprint density at radius 1 is 1.38 bits per heavy atom. The molecule has 0 amide bonds. The van der Waals surface area contributed by atoms with Crippen LogP contribution in [0.2, 0.25) is 0 Å². The van der Waals surface area contributed by atoms with E-state index in [-0.39, 0.29) is 21.8 Å². The van der Waals surface area contributed by atoms with E-state index < -0.39 is 21.6 Å². The lowest BCUT2D eigenvalue weighted by atomic mass is 10.1. The molecule has 1 aromatic heterocycles. The molecule has 2 rings (SSSR count). The molecule has 0 saturated carbocycles. The molecule has 0 fully saturated rings. The first kappa shape index (κ1) is 16.1. The summed E-state index contributed by atoms with van der Waals surface area (Å²) in [4.78, 5) is 11.2. The third-order valence-electron chi connectivity index (χ3n) is 2.83. The van der Waals surface area contributed by atoms with Crippen LogP contribution in [0.3, 0.4) is 0 Å². The molecule has 0 spiro atoms.